The molecule has 0 bridgehead atoms. The highest BCUT2D eigenvalue weighted by Crippen LogP contribution is 2.26. The van der Waals surface area contributed by atoms with Gasteiger partial charge in [-0.05, 0) is 56.2 Å². The van der Waals surface area contributed by atoms with Crippen molar-refractivity contribution < 1.29 is 5.11 Å². The first kappa shape index (κ1) is 13.9. The van der Waals surface area contributed by atoms with E-state index in [1.165, 1.54) is 18.4 Å². The first-order valence-electron chi connectivity index (χ1n) is 6.81. The van der Waals surface area contributed by atoms with Crippen molar-refractivity contribution in [2.75, 3.05) is 6.61 Å². The Labute approximate surface area is 114 Å². The molecule has 1 saturated carbocycles. The third-order valence-electron chi connectivity index (χ3n) is 3.96. The van der Waals surface area contributed by atoms with Gasteiger partial charge in [-0.25, -0.2) is 0 Å². The summed E-state index contributed by atoms with van der Waals surface area (Å²) in [6.45, 7) is 2.54. The molecule has 1 aliphatic carbocycles. The van der Waals surface area contributed by atoms with Crippen molar-refractivity contribution in [2.45, 2.75) is 44.7 Å². The number of halogens is 1. The van der Waals surface area contributed by atoms with Crippen molar-refractivity contribution >= 4 is 11.6 Å². The summed E-state index contributed by atoms with van der Waals surface area (Å²) in [6.07, 6.45) is 4.62. The molecule has 1 aliphatic rings. The molecule has 0 radical (unpaired) electrons. The predicted molar refractivity (Wildman–Crippen MR) is 75.8 cm³/mol. The van der Waals surface area contributed by atoms with Crippen LogP contribution in [0.15, 0.2) is 24.3 Å². The molecular formula is C15H22ClNO. The van der Waals surface area contributed by atoms with Crippen LogP contribution in [0.5, 0.6) is 0 Å². The SMILES string of the molecule is CC(NC1CCC(CO)CC1)c1ccc(Cl)cc1. The molecule has 1 unspecified atom stereocenters. The average Bonchev–Trinajstić information content (AvgIpc) is 2.40. The lowest BCUT2D eigenvalue weighted by Crippen LogP contribution is -2.35. The maximum atomic E-state index is 9.13. The van der Waals surface area contributed by atoms with E-state index in [4.69, 9.17) is 16.7 Å². The maximum Gasteiger partial charge on any atom is 0.0459 e. The fraction of sp³-hybridized carbons (Fsp3) is 0.600. The number of nitrogens with one attached hydrogen (secondary N) is 1. The summed E-state index contributed by atoms with van der Waals surface area (Å²) < 4.78 is 0. The molecule has 1 aromatic carbocycles. The van der Waals surface area contributed by atoms with Crippen LogP contribution in [0.4, 0.5) is 0 Å². The van der Waals surface area contributed by atoms with Crippen LogP contribution in [0.3, 0.4) is 0 Å². The predicted octanol–water partition coefficient (Wildman–Crippen LogP) is 3.54. The average molecular weight is 268 g/mol. The van der Waals surface area contributed by atoms with E-state index in [0.29, 0.717) is 24.6 Å². The summed E-state index contributed by atoms with van der Waals surface area (Å²) in [5, 5.41) is 13.6. The summed E-state index contributed by atoms with van der Waals surface area (Å²) in [5.41, 5.74) is 1.28. The Hall–Kier alpha value is -0.570. The smallest absolute Gasteiger partial charge is 0.0459 e. The second-order valence-corrected chi connectivity index (χ2v) is 5.78. The third-order valence-corrected chi connectivity index (χ3v) is 4.21. The van der Waals surface area contributed by atoms with E-state index in [1.807, 2.05) is 12.1 Å². The van der Waals surface area contributed by atoms with Crippen LogP contribution >= 0.6 is 11.6 Å². The van der Waals surface area contributed by atoms with Gasteiger partial charge in [-0.3, -0.25) is 0 Å². The normalized spacial score (nSPS) is 25.9. The fourth-order valence-electron chi connectivity index (χ4n) is 2.71. The Balaban J connectivity index is 1.84. The minimum absolute atomic E-state index is 0.347. The van der Waals surface area contributed by atoms with Gasteiger partial charge in [0.2, 0.25) is 0 Å². The van der Waals surface area contributed by atoms with Crippen LogP contribution in [0.25, 0.3) is 0 Å². The first-order chi connectivity index (χ1) is 8.69. The van der Waals surface area contributed by atoms with E-state index >= 15 is 0 Å². The Morgan fingerprint density at radius 2 is 1.83 bits per heavy atom. The van der Waals surface area contributed by atoms with E-state index in [9.17, 15) is 0 Å². The van der Waals surface area contributed by atoms with Crippen LogP contribution in [-0.2, 0) is 0 Å². The van der Waals surface area contributed by atoms with E-state index < -0.39 is 0 Å². The molecule has 18 heavy (non-hydrogen) atoms. The van der Waals surface area contributed by atoms with Crippen LogP contribution in [0, 0.1) is 5.92 Å². The second kappa shape index (κ2) is 6.55. The molecule has 2 nitrogen and oxygen atoms in total. The lowest BCUT2D eigenvalue weighted by Gasteiger charge is -2.30. The highest BCUT2D eigenvalue weighted by Gasteiger charge is 2.21. The summed E-state index contributed by atoms with van der Waals surface area (Å²) >= 11 is 5.90. The zero-order valence-corrected chi connectivity index (χ0v) is 11.7. The summed E-state index contributed by atoms with van der Waals surface area (Å²) in [6, 6.07) is 8.99. The number of aliphatic hydroxyl groups is 1. The number of hydrogen-bond donors (Lipinski definition) is 2. The van der Waals surface area contributed by atoms with Gasteiger partial charge in [0.05, 0.1) is 0 Å². The number of rotatable bonds is 4. The van der Waals surface area contributed by atoms with Crippen molar-refractivity contribution in [3.63, 3.8) is 0 Å². The van der Waals surface area contributed by atoms with Crippen molar-refractivity contribution in [2.24, 2.45) is 5.92 Å². The Morgan fingerprint density at radius 1 is 1.22 bits per heavy atom. The molecule has 1 atom stereocenters. The van der Waals surface area contributed by atoms with Gasteiger partial charge in [0.25, 0.3) is 0 Å². The van der Waals surface area contributed by atoms with Gasteiger partial charge in [0, 0.05) is 23.7 Å². The van der Waals surface area contributed by atoms with E-state index in [1.54, 1.807) is 0 Å². The lowest BCUT2D eigenvalue weighted by atomic mass is 9.86. The molecular weight excluding hydrogens is 246 g/mol. The van der Waals surface area contributed by atoms with Gasteiger partial charge in [-0.2, -0.15) is 0 Å². The van der Waals surface area contributed by atoms with E-state index in [2.05, 4.69) is 24.4 Å². The number of hydrogen-bond acceptors (Lipinski definition) is 2. The summed E-state index contributed by atoms with van der Waals surface area (Å²) in [7, 11) is 0. The topological polar surface area (TPSA) is 32.3 Å². The standard InChI is InChI=1S/C15H22ClNO/c1-11(13-4-6-14(16)7-5-13)17-15-8-2-12(10-18)3-9-15/h4-7,11-12,15,17-18H,2-3,8-10H2,1H3. The molecule has 0 saturated heterocycles. The zero-order valence-electron chi connectivity index (χ0n) is 10.9. The molecule has 0 heterocycles. The van der Waals surface area contributed by atoms with Crippen molar-refractivity contribution in [1.29, 1.82) is 0 Å². The van der Waals surface area contributed by atoms with Gasteiger partial charge in [0.1, 0.15) is 0 Å². The maximum absolute atomic E-state index is 9.13. The Morgan fingerprint density at radius 3 is 2.39 bits per heavy atom. The molecule has 0 amide bonds. The molecule has 100 valence electrons. The molecule has 2 rings (SSSR count). The minimum atomic E-state index is 0.347. The Kier molecular flexibility index (Phi) is 5.04. The molecule has 0 aliphatic heterocycles. The van der Waals surface area contributed by atoms with Crippen molar-refractivity contribution in [1.82, 2.24) is 5.32 Å². The number of benzene rings is 1. The highest BCUT2D eigenvalue weighted by molar-refractivity contribution is 6.30. The monoisotopic (exact) mass is 267 g/mol. The summed E-state index contributed by atoms with van der Waals surface area (Å²) in [4.78, 5) is 0. The van der Waals surface area contributed by atoms with Gasteiger partial charge < -0.3 is 10.4 Å². The zero-order chi connectivity index (χ0) is 13.0. The lowest BCUT2D eigenvalue weighted by molar-refractivity contribution is 0.172. The molecule has 3 heteroatoms. The Bertz CT molecular complexity index is 357. The molecule has 1 aromatic rings. The fourth-order valence-corrected chi connectivity index (χ4v) is 2.84. The van der Waals surface area contributed by atoms with Crippen LogP contribution in [0.1, 0.15) is 44.2 Å². The van der Waals surface area contributed by atoms with E-state index in [-0.39, 0.29) is 0 Å². The van der Waals surface area contributed by atoms with E-state index in [0.717, 1.165) is 17.9 Å². The molecule has 1 fully saturated rings. The van der Waals surface area contributed by atoms with Crippen LogP contribution in [0.2, 0.25) is 5.02 Å². The highest BCUT2D eigenvalue weighted by atomic mass is 35.5. The van der Waals surface area contributed by atoms with Crippen LogP contribution < -0.4 is 5.32 Å². The second-order valence-electron chi connectivity index (χ2n) is 5.34. The van der Waals surface area contributed by atoms with Gasteiger partial charge in [0.15, 0.2) is 0 Å². The van der Waals surface area contributed by atoms with Crippen LogP contribution in [-0.4, -0.2) is 17.8 Å². The van der Waals surface area contributed by atoms with Gasteiger partial charge in [-0.1, -0.05) is 23.7 Å². The molecule has 0 spiro atoms. The van der Waals surface area contributed by atoms with Gasteiger partial charge >= 0.3 is 0 Å². The summed E-state index contributed by atoms with van der Waals surface area (Å²) in [5.74, 6) is 0.522. The quantitative estimate of drug-likeness (QED) is 0.875. The minimum Gasteiger partial charge on any atom is -0.396 e. The molecule has 0 aromatic heterocycles. The third kappa shape index (κ3) is 3.71. The van der Waals surface area contributed by atoms with Gasteiger partial charge in [-0.15, -0.1) is 0 Å². The largest absolute Gasteiger partial charge is 0.396 e. The van der Waals surface area contributed by atoms with Crippen molar-refractivity contribution in [3.05, 3.63) is 34.9 Å². The molecule has 2 N–H and O–H groups in total. The number of aliphatic hydroxyl groups excluding tert-OH is 1. The first-order valence-corrected chi connectivity index (χ1v) is 7.19. The van der Waals surface area contributed by atoms with Crippen molar-refractivity contribution in [3.8, 4) is 0 Å².